The molecule has 1 N–H and O–H groups in total. The Bertz CT molecular complexity index is 664. The van der Waals surface area contributed by atoms with Gasteiger partial charge in [0.2, 0.25) is 0 Å². The van der Waals surface area contributed by atoms with Crippen molar-refractivity contribution in [3.63, 3.8) is 0 Å². The number of fused-ring (bicyclic) bond motifs is 1. The number of nitrogens with zero attached hydrogens (tertiary/aromatic N) is 3. The van der Waals surface area contributed by atoms with Crippen LogP contribution in [0.5, 0.6) is 0 Å². The second-order valence-corrected chi connectivity index (χ2v) is 4.77. The van der Waals surface area contributed by atoms with Crippen LogP contribution in [-0.4, -0.2) is 39.1 Å². The van der Waals surface area contributed by atoms with Crippen molar-refractivity contribution in [2.75, 3.05) is 19.7 Å². The molecule has 0 saturated carbocycles. The lowest BCUT2D eigenvalue weighted by Crippen LogP contribution is -2.28. The first-order chi connectivity index (χ1) is 9.63. The van der Waals surface area contributed by atoms with Crippen LogP contribution in [0.3, 0.4) is 0 Å². The molecule has 0 amide bonds. The number of aryl methyl sites for hydroxylation is 1. The molecule has 0 bridgehead atoms. The molecular formula is C15H19N3O2. The van der Waals surface area contributed by atoms with Crippen molar-refractivity contribution in [2.24, 2.45) is 0 Å². The molecule has 0 aliphatic carbocycles. The molecule has 0 aliphatic rings. The lowest BCUT2D eigenvalue weighted by Gasteiger charge is -2.18. The largest absolute Gasteiger partial charge is 0.395 e. The molecule has 0 aromatic carbocycles. The molecule has 0 fully saturated rings. The smallest absolute Gasteiger partial charge is 0.258 e. The van der Waals surface area contributed by atoms with Crippen LogP contribution in [0.4, 0.5) is 0 Å². The molecule has 2 aromatic heterocycles. The van der Waals surface area contributed by atoms with Gasteiger partial charge in [-0.15, -0.1) is 6.58 Å². The third kappa shape index (κ3) is 3.31. The van der Waals surface area contributed by atoms with Crippen molar-refractivity contribution in [1.82, 2.24) is 14.3 Å². The maximum absolute atomic E-state index is 12.0. The lowest BCUT2D eigenvalue weighted by molar-refractivity contribution is 0.202. The van der Waals surface area contributed by atoms with E-state index >= 15 is 0 Å². The minimum atomic E-state index is -0.0902. The number of hydrogen-bond acceptors (Lipinski definition) is 4. The Balaban J connectivity index is 2.34. The molecular weight excluding hydrogens is 254 g/mol. The highest BCUT2D eigenvalue weighted by atomic mass is 16.3. The van der Waals surface area contributed by atoms with Gasteiger partial charge in [-0.3, -0.25) is 14.1 Å². The van der Waals surface area contributed by atoms with Crippen molar-refractivity contribution in [1.29, 1.82) is 0 Å². The quantitative estimate of drug-likeness (QED) is 0.797. The van der Waals surface area contributed by atoms with E-state index in [9.17, 15) is 4.79 Å². The fourth-order valence-corrected chi connectivity index (χ4v) is 2.12. The highest BCUT2D eigenvalue weighted by molar-refractivity contribution is 5.41. The Hall–Kier alpha value is -1.98. The SMILES string of the molecule is C=CCN(CCO)Cc1cc(=O)n2ccc(C)cc2n1. The molecule has 0 aliphatic heterocycles. The molecule has 0 unspecified atom stereocenters. The van der Waals surface area contributed by atoms with Crippen molar-refractivity contribution in [3.05, 3.63) is 58.7 Å². The highest BCUT2D eigenvalue weighted by Gasteiger charge is 2.07. The zero-order valence-electron chi connectivity index (χ0n) is 11.6. The van der Waals surface area contributed by atoms with Crippen LogP contribution in [0.15, 0.2) is 41.8 Å². The summed E-state index contributed by atoms with van der Waals surface area (Å²) in [7, 11) is 0. The number of hydrogen-bond donors (Lipinski definition) is 1. The normalized spacial score (nSPS) is 11.2. The van der Waals surface area contributed by atoms with Gasteiger partial charge < -0.3 is 5.11 Å². The first-order valence-corrected chi connectivity index (χ1v) is 6.57. The van der Waals surface area contributed by atoms with E-state index in [4.69, 9.17) is 5.11 Å². The van der Waals surface area contributed by atoms with Crippen molar-refractivity contribution < 1.29 is 5.11 Å². The van der Waals surface area contributed by atoms with Crippen molar-refractivity contribution in [3.8, 4) is 0 Å². The van der Waals surface area contributed by atoms with Gasteiger partial charge in [-0.25, -0.2) is 4.98 Å². The van der Waals surface area contributed by atoms with Gasteiger partial charge in [-0.2, -0.15) is 0 Å². The van der Waals surface area contributed by atoms with Gasteiger partial charge in [0.15, 0.2) is 0 Å². The fourth-order valence-electron chi connectivity index (χ4n) is 2.12. The molecule has 0 spiro atoms. The van der Waals surface area contributed by atoms with Crippen LogP contribution in [0.2, 0.25) is 0 Å². The molecule has 2 aromatic rings. The van der Waals surface area contributed by atoms with Gasteiger partial charge in [0.05, 0.1) is 12.3 Å². The summed E-state index contributed by atoms with van der Waals surface area (Å²) in [6.07, 6.45) is 3.51. The maximum Gasteiger partial charge on any atom is 0.258 e. The van der Waals surface area contributed by atoms with Crippen LogP contribution in [0, 0.1) is 6.92 Å². The number of rotatable bonds is 6. The number of pyridine rings is 1. The summed E-state index contributed by atoms with van der Waals surface area (Å²) >= 11 is 0. The van der Waals surface area contributed by atoms with E-state index in [1.165, 1.54) is 10.5 Å². The van der Waals surface area contributed by atoms with E-state index in [2.05, 4.69) is 11.6 Å². The van der Waals surface area contributed by atoms with E-state index in [0.29, 0.717) is 31.0 Å². The molecule has 0 atom stereocenters. The zero-order chi connectivity index (χ0) is 14.5. The highest BCUT2D eigenvalue weighted by Crippen LogP contribution is 2.05. The Kier molecular flexibility index (Phi) is 4.65. The number of aromatic nitrogens is 2. The maximum atomic E-state index is 12.0. The number of aliphatic hydroxyl groups is 1. The summed E-state index contributed by atoms with van der Waals surface area (Å²) < 4.78 is 1.53. The predicted molar refractivity (Wildman–Crippen MR) is 78.8 cm³/mol. The summed E-state index contributed by atoms with van der Waals surface area (Å²) in [6.45, 7) is 7.43. The Labute approximate surface area is 117 Å². The second kappa shape index (κ2) is 6.45. The predicted octanol–water partition coefficient (Wildman–Crippen LogP) is 0.983. The molecule has 5 heteroatoms. The van der Waals surface area contributed by atoms with E-state index < -0.39 is 0 Å². The summed E-state index contributed by atoms with van der Waals surface area (Å²) in [5.41, 5.74) is 2.32. The minimum absolute atomic E-state index is 0.0690. The molecule has 5 nitrogen and oxygen atoms in total. The topological polar surface area (TPSA) is 57.8 Å². The van der Waals surface area contributed by atoms with E-state index in [0.717, 1.165) is 5.56 Å². The van der Waals surface area contributed by atoms with Crippen molar-refractivity contribution >= 4 is 5.65 Å². The summed E-state index contributed by atoms with van der Waals surface area (Å²) in [5.74, 6) is 0. The van der Waals surface area contributed by atoms with Gasteiger partial charge in [-0.05, 0) is 24.6 Å². The Morgan fingerprint density at radius 3 is 3.00 bits per heavy atom. The van der Waals surface area contributed by atoms with Crippen LogP contribution < -0.4 is 5.56 Å². The van der Waals surface area contributed by atoms with Crippen LogP contribution >= 0.6 is 0 Å². The van der Waals surface area contributed by atoms with Gasteiger partial charge in [-0.1, -0.05) is 6.08 Å². The molecule has 20 heavy (non-hydrogen) atoms. The fraction of sp³-hybridized carbons (Fsp3) is 0.333. The van der Waals surface area contributed by atoms with Gasteiger partial charge in [0.1, 0.15) is 5.65 Å². The van der Waals surface area contributed by atoms with Gasteiger partial charge >= 0.3 is 0 Å². The average Bonchev–Trinajstić information content (AvgIpc) is 2.38. The average molecular weight is 273 g/mol. The van der Waals surface area contributed by atoms with Crippen LogP contribution in [0.25, 0.3) is 5.65 Å². The summed E-state index contributed by atoms with van der Waals surface area (Å²) in [6, 6.07) is 5.30. The Morgan fingerprint density at radius 2 is 2.30 bits per heavy atom. The monoisotopic (exact) mass is 273 g/mol. The number of aliphatic hydroxyl groups excluding tert-OH is 1. The van der Waals surface area contributed by atoms with E-state index in [1.54, 1.807) is 12.3 Å². The third-order valence-electron chi connectivity index (χ3n) is 3.06. The second-order valence-electron chi connectivity index (χ2n) is 4.77. The molecule has 106 valence electrons. The summed E-state index contributed by atoms with van der Waals surface area (Å²) in [4.78, 5) is 18.5. The van der Waals surface area contributed by atoms with E-state index in [1.807, 2.05) is 24.0 Å². The standard InChI is InChI=1S/C15H19N3O2/c1-3-5-17(7-8-19)11-13-10-15(20)18-6-4-12(2)9-14(18)16-13/h3-4,6,9-10,19H,1,5,7-8,11H2,2H3. The molecule has 2 rings (SSSR count). The first-order valence-electron chi connectivity index (χ1n) is 6.57. The third-order valence-corrected chi connectivity index (χ3v) is 3.06. The van der Waals surface area contributed by atoms with Crippen molar-refractivity contribution in [2.45, 2.75) is 13.5 Å². The van der Waals surface area contributed by atoms with Gasteiger partial charge in [0.25, 0.3) is 5.56 Å². The Morgan fingerprint density at radius 1 is 1.50 bits per heavy atom. The van der Waals surface area contributed by atoms with E-state index in [-0.39, 0.29) is 12.2 Å². The van der Waals surface area contributed by atoms with Crippen LogP contribution in [0.1, 0.15) is 11.3 Å². The molecule has 0 saturated heterocycles. The van der Waals surface area contributed by atoms with Crippen LogP contribution in [-0.2, 0) is 6.54 Å². The summed E-state index contributed by atoms with van der Waals surface area (Å²) in [5, 5.41) is 9.04. The van der Waals surface area contributed by atoms with Gasteiger partial charge in [0, 0.05) is 31.9 Å². The lowest BCUT2D eigenvalue weighted by atomic mass is 10.3. The molecule has 2 heterocycles. The minimum Gasteiger partial charge on any atom is -0.395 e. The zero-order valence-corrected chi connectivity index (χ0v) is 11.6. The molecule has 0 radical (unpaired) electrons. The first kappa shape index (κ1) is 14.4.